The zero-order valence-electron chi connectivity index (χ0n) is 17.1. The van der Waals surface area contributed by atoms with Crippen molar-refractivity contribution in [2.75, 3.05) is 43.5 Å². The number of carbonyl (C=O) groups excluding carboxylic acids is 2. The molecule has 29 heavy (non-hydrogen) atoms. The third-order valence-electron chi connectivity index (χ3n) is 4.68. The highest BCUT2D eigenvalue weighted by molar-refractivity contribution is 5.94. The molecule has 0 saturated carbocycles. The molecule has 2 aromatic rings. The minimum Gasteiger partial charge on any atom is -0.491 e. The lowest BCUT2D eigenvalue weighted by atomic mass is 10.2. The normalized spacial score (nSPS) is 13.9. The van der Waals surface area contributed by atoms with Gasteiger partial charge in [-0.25, -0.2) is 9.59 Å². The number of methoxy groups -OCH3 is 1. The van der Waals surface area contributed by atoms with Crippen LogP contribution in [0.4, 0.5) is 16.2 Å². The van der Waals surface area contributed by atoms with Gasteiger partial charge in [-0.1, -0.05) is 6.07 Å². The van der Waals surface area contributed by atoms with Gasteiger partial charge in [0.05, 0.1) is 18.8 Å². The number of hydrogen-bond acceptors (Lipinski definition) is 5. The lowest BCUT2D eigenvalue weighted by Gasteiger charge is -2.36. The van der Waals surface area contributed by atoms with E-state index in [0.717, 1.165) is 24.5 Å². The van der Waals surface area contributed by atoms with Gasteiger partial charge in [0.25, 0.3) is 0 Å². The third kappa shape index (κ3) is 5.40. The van der Waals surface area contributed by atoms with Crippen molar-refractivity contribution >= 4 is 23.4 Å². The molecule has 0 bridgehead atoms. The molecule has 1 N–H and O–H groups in total. The van der Waals surface area contributed by atoms with Crippen molar-refractivity contribution in [2.45, 2.75) is 20.0 Å². The Hall–Kier alpha value is -3.22. The van der Waals surface area contributed by atoms with Crippen molar-refractivity contribution < 1.29 is 19.1 Å². The van der Waals surface area contributed by atoms with E-state index in [1.807, 2.05) is 38.1 Å². The van der Waals surface area contributed by atoms with Crippen LogP contribution < -0.4 is 15.0 Å². The maximum absolute atomic E-state index is 12.6. The summed E-state index contributed by atoms with van der Waals surface area (Å²) in [6, 6.07) is 14.6. The fourth-order valence-corrected chi connectivity index (χ4v) is 3.22. The molecule has 0 spiro atoms. The molecule has 0 atom stereocenters. The minimum absolute atomic E-state index is 0.149. The summed E-state index contributed by atoms with van der Waals surface area (Å²) in [5.41, 5.74) is 2.09. The van der Waals surface area contributed by atoms with Crippen molar-refractivity contribution in [1.29, 1.82) is 0 Å². The summed E-state index contributed by atoms with van der Waals surface area (Å²) >= 11 is 0. The topological polar surface area (TPSA) is 71.1 Å². The number of ether oxygens (including phenoxy) is 2. The van der Waals surface area contributed by atoms with Crippen molar-refractivity contribution in [3.63, 3.8) is 0 Å². The van der Waals surface area contributed by atoms with Crippen molar-refractivity contribution in [3.05, 3.63) is 54.1 Å². The number of carbonyl (C=O) groups is 2. The zero-order valence-corrected chi connectivity index (χ0v) is 17.1. The lowest BCUT2D eigenvalue weighted by Crippen LogP contribution is -2.50. The van der Waals surface area contributed by atoms with Crippen LogP contribution in [0.3, 0.4) is 0 Å². The van der Waals surface area contributed by atoms with E-state index in [2.05, 4.69) is 10.2 Å². The number of rotatable bonds is 5. The van der Waals surface area contributed by atoms with Gasteiger partial charge in [-0.2, -0.15) is 0 Å². The summed E-state index contributed by atoms with van der Waals surface area (Å²) in [6.45, 7) is 6.74. The first-order valence-electron chi connectivity index (χ1n) is 9.72. The molecule has 3 rings (SSSR count). The number of nitrogens with zero attached hydrogens (tertiary/aromatic N) is 2. The number of hydrogen-bond donors (Lipinski definition) is 1. The molecule has 1 aliphatic heterocycles. The van der Waals surface area contributed by atoms with Crippen LogP contribution in [0.2, 0.25) is 0 Å². The number of esters is 1. The molecule has 1 heterocycles. The number of amides is 2. The summed E-state index contributed by atoms with van der Waals surface area (Å²) in [5, 5.41) is 2.86. The molecule has 1 saturated heterocycles. The molecular formula is C22H27N3O4. The Bertz CT molecular complexity index is 843. The molecule has 2 amide bonds. The summed E-state index contributed by atoms with van der Waals surface area (Å²) in [4.78, 5) is 28.2. The fraction of sp³-hybridized carbons (Fsp3) is 0.364. The quantitative estimate of drug-likeness (QED) is 0.781. The van der Waals surface area contributed by atoms with E-state index in [4.69, 9.17) is 9.47 Å². The van der Waals surface area contributed by atoms with Gasteiger partial charge in [-0.3, -0.25) is 0 Å². The summed E-state index contributed by atoms with van der Waals surface area (Å²) < 4.78 is 10.4. The number of benzene rings is 2. The van der Waals surface area contributed by atoms with Crippen LogP contribution in [-0.4, -0.2) is 56.3 Å². The van der Waals surface area contributed by atoms with Crippen molar-refractivity contribution in [3.8, 4) is 5.75 Å². The molecule has 1 aliphatic rings. The van der Waals surface area contributed by atoms with E-state index in [9.17, 15) is 9.59 Å². The zero-order chi connectivity index (χ0) is 20.8. The first kappa shape index (κ1) is 20.5. The highest BCUT2D eigenvalue weighted by Crippen LogP contribution is 2.22. The second-order valence-electron chi connectivity index (χ2n) is 7.14. The lowest BCUT2D eigenvalue weighted by molar-refractivity contribution is 0.0600. The van der Waals surface area contributed by atoms with E-state index in [1.165, 1.54) is 7.11 Å². The van der Waals surface area contributed by atoms with E-state index in [1.54, 1.807) is 29.2 Å². The molecule has 1 fully saturated rings. The molecule has 154 valence electrons. The van der Waals surface area contributed by atoms with Crippen LogP contribution in [0, 0.1) is 0 Å². The number of anilines is 2. The SMILES string of the molecule is COC(=O)c1cccc(NC(=O)N2CCN(c3ccc(OC(C)C)cc3)CC2)c1. The Morgan fingerprint density at radius 2 is 1.69 bits per heavy atom. The molecular weight excluding hydrogens is 370 g/mol. The molecule has 0 radical (unpaired) electrons. The molecule has 0 aliphatic carbocycles. The maximum Gasteiger partial charge on any atom is 0.337 e. The Labute approximate surface area is 171 Å². The molecule has 0 aromatic heterocycles. The Morgan fingerprint density at radius 1 is 1.00 bits per heavy atom. The number of piperazine rings is 1. The van der Waals surface area contributed by atoms with Gasteiger partial charge in [0.2, 0.25) is 0 Å². The van der Waals surface area contributed by atoms with E-state index >= 15 is 0 Å². The van der Waals surface area contributed by atoms with Gasteiger partial charge in [-0.05, 0) is 56.3 Å². The number of nitrogens with one attached hydrogen (secondary N) is 1. The van der Waals surface area contributed by atoms with Crippen molar-refractivity contribution in [1.82, 2.24) is 4.90 Å². The standard InChI is InChI=1S/C22H27N3O4/c1-16(2)29-20-9-7-19(8-10-20)24-11-13-25(14-12-24)22(27)23-18-6-4-5-17(15-18)21(26)28-3/h4-10,15-16H,11-14H2,1-3H3,(H,23,27). The largest absolute Gasteiger partial charge is 0.491 e. The molecule has 0 unspecified atom stereocenters. The van der Waals surface area contributed by atoms with E-state index < -0.39 is 5.97 Å². The van der Waals surface area contributed by atoms with E-state index in [0.29, 0.717) is 24.3 Å². The fourth-order valence-electron chi connectivity index (χ4n) is 3.22. The van der Waals surface area contributed by atoms with Crippen LogP contribution in [0.25, 0.3) is 0 Å². The molecule has 7 nitrogen and oxygen atoms in total. The first-order valence-corrected chi connectivity index (χ1v) is 9.72. The van der Waals surface area contributed by atoms with Gasteiger partial charge in [0.1, 0.15) is 5.75 Å². The second kappa shape index (κ2) is 9.32. The van der Waals surface area contributed by atoms with Gasteiger partial charge in [0, 0.05) is 37.6 Å². The second-order valence-corrected chi connectivity index (χ2v) is 7.14. The van der Waals surface area contributed by atoms with Crippen LogP contribution >= 0.6 is 0 Å². The smallest absolute Gasteiger partial charge is 0.337 e. The highest BCUT2D eigenvalue weighted by Gasteiger charge is 2.21. The first-order chi connectivity index (χ1) is 14.0. The monoisotopic (exact) mass is 397 g/mol. The van der Waals surface area contributed by atoms with Crippen LogP contribution in [-0.2, 0) is 4.74 Å². The minimum atomic E-state index is -0.431. The van der Waals surface area contributed by atoms with E-state index in [-0.39, 0.29) is 12.1 Å². The van der Waals surface area contributed by atoms with Gasteiger partial charge in [-0.15, -0.1) is 0 Å². The Morgan fingerprint density at radius 3 is 2.31 bits per heavy atom. The third-order valence-corrected chi connectivity index (χ3v) is 4.68. The summed E-state index contributed by atoms with van der Waals surface area (Å²) in [6.07, 6.45) is 0.149. The maximum atomic E-state index is 12.6. The number of urea groups is 1. The van der Waals surface area contributed by atoms with Gasteiger partial charge < -0.3 is 24.6 Å². The van der Waals surface area contributed by atoms with Crippen LogP contribution in [0.15, 0.2) is 48.5 Å². The molecule has 7 heteroatoms. The summed E-state index contributed by atoms with van der Waals surface area (Å²) in [7, 11) is 1.33. The summed E-state index contributed by atoms with van der Waals surface area (Å²) in [5.74, 6) is 0.426. The van der Waals surface area contributed by atoms with Crippen LogP contribution in [0.5, 0.6) is 5.75 Å². The van der Waals surface area contributed by atoms with Gasteiger partial charge in [0.15, 0.2) is 0 Å². The van der Waals surface area contributed by atoms with Crippen LogP contribution in [0.1, 0.15) is 24.2 Å². The average molecular weight is 397 g/mol. The molecule has 2 aromatic carbocycles. The Kier molecular flexibility index (Phi) is 6.59. The predicted molar refractivity (Wildman–Crippen MR) is 113 cm³/mol. The van der Waals surface area contributed by atoms with Gasteiger partial charge >= 0.3 is 12.0 Å². The predicted octanol–water partition coefficient (Wildman–Crippen LogP) is 3.61. The average Bonchev–Trinajstić information content (AvgIpc) is 2.73. The highest BCUT2D eigenvalue weighted by atomic mass is 16.5. The van der Waals surface area contributed by atoms with Crippen molar-refractivity contribution in [2.24, 2.45) is 0 Å². The Balaban J connectivity index is 1.54.